The van der Waals surface area contributed by atoms with E-state index in [1.165, 1.54) is 4.70 Å². The fourth-order valence-electron chi connectivity index (χ4n) is 3.62. The van der Waals surface area contributed by atoms with Gasteiger partial charge >= 0.3 is 0 Å². The topological polar surface area (TPSA) is 66.8 Å². The van der Waals surface area contributed by atoms with Crippen molar-refractivity contribution in [2.75, 3.05) is 26.7 Å². The number of fused-ring (bicyclic) bond motifs is 1. The molecule has 1 fully saturated rings. The van der Waals surface area contributed by atoms with Crippen LogP contribution in [-0.4, -0.2) is 54.1 Å². The fourth-order valence-corrected chi connectivity index (χ4v) is 4.53. The van der Waals surface area contributed by atoms with Gasteiger partial charge in [-0.1, -0.05) is 12.1 Å². The zero-order valence-electron chi connectivity index (χ0n) is 16.6. The summed E-state index contributed by atoms with van der Waals surface area (Å²) >= 11 is 1.76. The summed E-state index contributed by atoms with van der Waals surface area (Å²) in [5.41, 5.74) is 1.08. The molecule has 4 rings (SSSR count). The summed E-state index contributed by atoms with van der Waals surface area (Å²) in [7, 11) is 1.63. The average Bonchev–Trinajstić information content (AvgIpc) is 3.17. The standard InChI is InChI=1S/C22H27N3O3S/c1-27-17-6-8-18(9-7-17)28-22(26)15-25-12-10-16(11-13-25)23-14-21-24-19-4-2-3-5-20(19)29-21/h2-9,16,22-23,26H,10-15H2,1H3. The fraction of sp³-hybridized carbons (Fsp3) is 0.409. The highest BCUT2D eigenvalue weighted by molar-refractivity contribution is 7.18. The maximum Gasteiger partial charge on any atom is 0.210 e. The van der Waals surface area contributed by atoms with Crippen molar-refractivity contribution in [3.63, 3.8) is 0 Å². The van der Waals surface area contributed by atoms with Crippen molar-refractivity contribution in [2.45, 2.75) is 31.7 Å². The van der Waals surface area contributed by atoms with E-state index in [-0.39, 0.29) is 0 Å². The van der Waals surface area contributed by atoms with Gasteiger partial charge < -0.3 is 19.9 Å². The van der Waals surface area contributed by atoms with E-state index in [1.807, 2.05) is 18.2 Å². The summed E-state index contributed by atoms with van der Waals surface area (Å²) in [6.45, 7) is 3.21. The van der Waals surface area contributed by atoms with Gasteiger partial charge in [-0.25, -0.2) is 4.98 Å². The number of β-amino-alcohol motifs (C(OH)–C–C–N with tert-alkyl or cyclic N) is 1. The Bertz CT molecular complexity index is 874. The van der Waals surface area contributed by atoms with Crippen LogP contribution < -0.4 is 14.8 Å². The lowest BCUT2D eigenvalue weighted by Gasteiger charge is -2.33. The number of benzene rings is 2. The number of rotatable bonds is 8. The van der Waals surface area contributed by atoms with E-state index in [2.05, 4.69) is 28.4 Å². The van der Waals surface area contributed by atoms with Crippen LogP contribution in [0.25, 0.3) is 10.2 Å². The third-order valence-corrected chi connectivity index (χ3v) is 6.25. The first kappa shape index (κ1) is 20.1. The third kappa shape index (κ3) is 5.45. The molecule has 1 aliphatic rings. The number of methoxy groups -OCH3 is 1. The first-order valence-corrected chi connectivity index (χ1v) is 10.8. The monoisotopic (exact) mass is 413 g/mol. The summed E-state index contributed by atoms with van der Waals surface area (Å²) in [6.07, 6.45) is 1.27. The Morgan fingerprint density at radius 2 is 1.86 bits per heavy atom. The smallest absolute Gasteiger partial charge is 0.210 e. The molecule has 1 atom stereocenters. The van der Waals surface area contributed by atoms with Gasteiger partial charge in [0.1, 0.15) is 16.5 Å². The molecule has 0 saturated carbocycles. The van der Waals surface area contributed by atoms with Gasteiger partial charge in [0, 0.05) is 12.6 Å². The van der Waals surface area contributed by atoms with Crippen LogP contribution in [0, 0.1) is 0 Å². The largest absolute Gasteiger partial charge is 0.497 e. The molecule has 1 saturated heterocycles. The molecular formula is C22H27N3O3S. The second kappa shape index (κ2) is 9.54. The molecule has 1 aromatic heterocycles. The highest BCUT2D eigenvalue weighted by atomic mass is 32.1. The van der Waals surface area contributed by atoms with Crippen LogP contribution in [0.5, 0.6) is 11.5 Å². The SMILES string of the molecule is COc1ccc(OC(O)CN2CCC(NCc3nc4ccccc4s3)CC2)cc1. The summed E-state index contributed by atoms with van der Waals surface area (Å²) in [6, 6.07) is 16.0. The van der Waals surface area contributed by atoms with Gasteiger partial charge in [-0.3, -0.25) is 4.90 Å². The molecule has 2 aromatic carbocycles. The number of hydrogen-bond donors (Lipinski definition) is 2. The van der Waals surface area contributed by atoms with E-state index in [0.717, 1.165) is 48.7 Å². The maximum atomic E-state index is 10.3. The van der Waals surface area contributed by atoms with Gasteiger partial charge in [0.2, 0.25) is 6.29 Å². The first-order valence-electron chi connectivity index (χ1n) is 9.98. The van der Waals surface area contributed by atoms with Crippen molar-refractivity contribution < 1.29 is 14.6 Å². The number of ether oxygens (including phenoxy) is 2. The Kier molecular flexibility index (Phi) is 6.61. The molecule has 0 radical (unpaired) electrons. The molecule has 29 heavy (non-hydrogen) atoms. The number of nitrogens with zero attached hydrogens (tertiary/aromatic N) is 2. The Labute approximate surface area is 175 Å². The number of hydrogen-bond acceptors (Lipinski definition) is 7. The molecule has 0 bridgehead atoms. The van der Waals surface area contributed by atoms with Gasteiger partial charge in [0.25, 0.3) is 0 Å². The van der Waals surface area contributed by atoms with Gasteiger partial charge in [-0.15, -0.1) is 11.3 Å². The third-order valence-electron chi connectivity index (χ3n) is 5.21. The zero-order valence-corrected chi connectivity index (χ0v) is 17.4. The number of aliphatic hydroxyl groups excluding tert-OH is 1. The van der Waals surface area contributed by atoms with Crippen LogP contribution in [0.3, 0.4) is 0 Å². The minimum Gasteiger partial charge on any atom is -0.497 e. The summed E-state index contributed by atoms with van der Waals surface area (Å²) in [4.78, 5) is 6.94. The maximum absolute atomic E-state index is 10.3. The summed E-state index contributed by atoms with van der Waals surface area (Å²) in [5.74, 6) is 1.41. The van der Waals surface area contributed by atoms with Crippen LogP contribution in [-0.2, 0) is 6.54 Å². The minimum atomic E-state index is -0.837. The molecule has 7 heteroatoms. The molecule has 0 amide bonds. The second-order valence-corrected chi connectivity index (χ2v) is 8.39. The number of piperidine rings is 1. The summed E-state index contributed by atoms with van der Waals surface area (Å²) in [5, 5.41) is 15.0. The van der Waals surface area contributed by atoms with Crippen LogP contribution in [0.2, 0.25) is 0 Å². The predicted octanol–water partition coefficient (Wildman–Crippen LogP) is 3.26. The lowest BCUT2D eigenvalue weighted by molar-refractivity contribution is -0.0450. The van der Waals surface area contributed by atoms with E-state index in [4.69, 9.17) is 14.5 Å². The van der Waals surface area contributed by atoms with Crippen LogP contribution in [0.1, 0.15) is 17.8 Å². The van der Waals surface area contributed by atoms with E-state index in [9.17, 15) is 5.11 Å². The Hall–Kier alpha value is -2.19. The molecule has 1 unspecified atom stereocenters. The normalized spacial score (nSPS) is 16.8. The van der Waals surface area contributed by atoms with E-state index < -0.39 is 6.29 Å². The van der Waals surface area contributed by atoms with Crippen molar-refractivity contribution >= 4 is 21.6 Å². The highest BCUT2D eigenvalue weighted by Gasteiger charge is 2.21. The number of para-hydroxylation sites is 1. The minimum absolute atomic E-state index is 0.484. The average molecular weight is 414 g/mol. The number of aromatic nitrogens is 1. The number of nitrogens with one attached hydrogen (secondary N) is 1. The van der Waals surface area contributed by atoms with Gasteiger partial charge in [-0.05, 0) is 62.3 Å². The number of aliphatic hydroxyl groups is 1. The molecule has 3 aromatic rings. The van der Waals surface area contributed by atoms with E-state index in [0.29, 0.717) is 18.3 Å². The molecule has 154 valence electrons. The molecular weight excluding hydrogens is 386 g/mol. The summed E-state index contributed by atoms with van der Waals surface area (Å²) < 4.78 is 12.0. The molecule has 2 N–H and O–H groups in total. The van der Waals surface area contributed by atoms with Gasteiger partial charge in [-0.2, -0.15) is 0 Å². The predicted molar refractivity (Wildman–Crippen MR) is 116 cm³/mol. The van der Waals surface area contributed by atoms with Crippen LogP contribution >= 0.6 is 11.3 Å². The Balaban J connectivity index is 1.18. The van der Waals surface area contributed by atoms with Gasteiger partial charge in [0.05, 0.1) is 23.9 Å². The van der Waals surface area contributed by atoms with Crippen LogP contribution in [0.4, 0.5) is 0 Å². The first-order chi connectivity index (χ1) is 14.2. The van der Waals surface area contributed by atoms with Gasteiger partial charge in [0.15, 0.2) is 0 Å². The van der Waals surface area contributed by atoms with E-state index in [1.54, 1.807) is 30.6 Å². The van der Waals surface area contributed by atoms with Crippen molar-refractivity contribution in [2.24, 2.45) is 0 Å². The Morgan fingerprint density at radius 1 is 1.14 bits per heavy atom. The lowest BCUT2D eigenvalue weighted by atomic mass is 10.1. The second-order valence-electron chi connectivity index (χ2n) is 7.28. The zero-order chi connectivity index (χ0) is 20.1. The van der Waals surface area contributed by atoms with Crippen molar-refractivity contribution in [1.82, 2.24) is 15.2 Å². The van der Waals surface area contributed by atoms with Crippen molar-refractivity contribution in [3.05, 3.63) is 53.5 Å². The molecule has 2 heterocycles. The highest BCUT2D eigenvalue weighted by Crippen LogP contribution is 2.22. The molecule has 6 nitrogen and oxygen atoms in total. The molecule has 1 aliphatic heterocycles. The Morgan fingerprint density at radius 3 is 2.59 bits per heavy atom. The van der Waals surface area contributed by atoms with Crippen molar-refractivity contribution in [1.29, 1.82) is 0 Å². The number of likely N-dealkylation sites (tertiary alicyclic amines) is 1. The van der Waals surface area contributed by atoms with E-state index >= 15 is 0 Å². The van der Waals surface area contributed by atoms with Crippen molar-refractivity contribution in [3.8, 4) is 11.5 Å². The van der Waals surface area contributed by atoms with Crippen LogP contribution in [0.15, 0.2) is 48.5 Å². The quantitative estimate of drug-likeness (QED) is 0.553. The molecule has 0 spiro atoms. The lowest BCUT2D eigenvalue weighted by Crippen LogP contribution is -2.45. The molecule has 0 aliphatic carbocycles. The number of thiazole rings is 1.